The van der Waals surface area contributed by atoms with Crippen LogP contribution in [0.5, 0.6) is 0 Å². The minimum atomic E-state index is -0.0266. The summed E-state index contributed by atoms with van der Waals surface area (Å²) in [5, 5.41) is 2.97. The topological polar surface area (TPSA) is 47.9 Å². The van der Waals surface area contributed by atoms with Gasteiger partial charge in [0, 0.05) is 55.6 Å². The summed E-state index contributed by atoms with van der Waals surface area (Å²) in [4.78, 5) is 21.6. The number of hydrogen-bond acceptors (Lipinski definition) is 4. The molecule has 0 fully saturated rings. The van der Waals surface area contributed by atoms with Crippen molar-refractivity contribution in [1.82, 2.24) is 5.32 Å². The minimum absolute atomic E-state index is 0.0266. The molecule has 3 aromatic carbocycles. The van der Waals surface area contributed by atoms with Crippen molar-refractivity contribution in [1.29, 1.82) is 0 Å². The molecule has 4 rings (SSSR count). The van der Waals surface area contributed by atoms with Gasteiger partial charge in [-0.25, -0.2) is 0 Å². The maximum absolute atomic E-state index is 12.0. The van der Waals surface area contributed by atoms with Crippen LogP contribution in [0.2, 0.25) is 0 Å². The lowest BCUT2D eigenvalue weighted by Gasteiger charge is -2.24. The molecule has 0 unspecified atom stereocenters. The Balaban J connectivity index is 1.80. The van der Waals surface area contributed by atoms with Gasteiger partial charge in [-0.1, -0.05) is 68.5 Å². The largest absolute Gasteiger partial charge is 0.372 e. The van der Waals surface area contributed by atoms with Gasteiger partial charge in [-0.15, -0.1) is 0 Å². The molecule has 0 heterocycles. The van der Waals surface area contributed by atoms with Gasteiger partial charge in [-0.2, -0.15) is 0 Å². The second kappa shape index (κ2) is 14.7. The van der Waals surface area contributed by atoms with E-state index < -0.39 is 0 Å². The first-order valence-corrected chi connectivity index (χ1v) is 15.5. The van der Waals surface area contributed by atoms with E-state index in [1.54, 1.807) is 0 Å². The van der Waals surface area contributed by atoms with Crippen LogP contribution >= 0.6 is 0 Å². The van der Waals surface area contributed by atoms with Crippen LogP contribution in [0.15, 0.2) is 89.9 Å². The van der Waals surface area contributed by atoms with Gasteiger partial charge in [0.05, 0.1) is 12.3 Å². The zero-order valence-electron chi connectivity index (χ0n) is 26.2. The van der Waals surface area contributed by atoms with Crippen molar-refractivity contribution in [3.05, 3.63) is 107 Å². The summed E-state index contributed by atoms with van der Waals surface area (Å²) in [5.41, 5.74) is 10.5. The molecule has 1 aliphatic carbocycles. The third-order valence-electron chi connectivity index (χ3n) is 7.96. The molecule has 1 amide bonds. The minimum Gasteiger partial charge on any atom is -0.372 e. The number of allylic oxidation sites excluding steroid dienone is 3. The molecular formula is C37H46N4O. The smallest absolute Gasteiger partial charge is 0.222 e. The van der Waals surface area contributed by atoms with Gasteiger partial charge >= 0.3 is 0 Å². The second-order valence-corrected chi connectivity index (χ2v) is 10.8. The van der Waals surface area contributed by atoms with E-state index in [0.29, 0.717) is 13.1 Å². The molecule has 0 spiro atoms. The van der Waals surface area contributed by atoms with Gasteiger partial charge in [0.1, 0.15) is 0 Å². The van der Waals surface area contributed by atoms with Gasteiger partial charge in [0.25, 0.3) is 0 Å². The first kappa shape index (κ1) is 30.8. The van der Waals surface area contributed by atoms with Crippen LogP contribution < -0.4 is 15.1 Å². The summed E-state index contributed by atoms with van der Waals surface area (Å²) in [6.07, 6.45) is 4.33. The van der Waals surface area contributed by atoms with Gasteiger partial charge in [-0.3, -0.25) is 9.79 Å². The first-order valence-electron chi connectivity index (χ1n) is 15.5. The lowest BCUT2D eigenvalue weighted by atomic mass is 9.83. The normalized spacial score (nSPS) is 13.3. The number of fused-ring (bicyclic) bond motifs is 1. The van der Waals surface area contributed by atoms with Crippen molar-refractivity contribution in [2.45, 2.75) is 41.5 Å². The third-order valence-corrected chi connectivity index (χ3v) is 7.96. The number of carbonyl (C=O) groups excluding carboxylic acids is 1. The SMILES string of the molecule is CCN(CC)c1ccc(C(=C2C=CC(=NCCNC(=O)C(C)C)c3ccccc32)c2ccc(N(CC)CC)cc2)cc1. The molecule has 0 aliphatic heterocycles. The average molecular weight is 563 g/mol. The molecule has 0 atom stereocenters. The fraction of sp³-hybridized carbons (Fsp3) is 0.351. The summed E-state index contributed by atoms with van der Waals surface area (Å²) in [7, 11) is 0. The van der Waals surface area contributed by atoms with Gasteiger partial charge in [0.15, 0.2) is 0 Å². The highest BCUT2D eigenvalue weighted by Gasteiger charge is 2.20. The fourth-order valence-electron chi connectivity index (χ4n) is 5.53. The van der Waals surface area contributed by atoms with E-state index in [9.17, 15) is 4.79 Å². The molecule has 5 heteroatoms. The Morgan fingerprint density at radius 2 is 1.21 bits per heavy atom. The second-order valence-electron chi connectivity index (χ2n) is 10.8. The standard InChI is InChI=1S/C37H46N4O/c1-7-40(8-2)30-19-15-28(16-20-30)36(29-17-21-31(22-18-29)41(9-3)10-4)34-23-24-35(33-14-12-11-13-32(33)34)38-25-26-39-37(42)27(5)6/h11-24,27H,7-10,25-26H2,1-6H3,(H,39,42). The van der Waals surface area contributed by atoms with Crippen molar-refractivity contribution >= 4 is 34.1 Å². The molecule has 0 bridgehead atoms. The number of amides is 1. The number of nitrogens with one attached hydrogen (secondary N) is 1. The van der Waals surface area contributed by atoms with E-state index >= 15 is 0 Å². The molecule has 0 aromatic heterocycles. The van der Waals surface area contributed by atoms with Crippen molar-refractivity contribution in [2.24, 2.45) is 10.9 Å². The molecule has 42 heavy (non-hydrogen) atoms. The molecule has 0 saturated carbocycles. The first-order chi connectivity index (χ1) is 20.4. The summed E-state index contributed by atoms with van der Waals surface area (Å²) < 4.78 is 0. The Morgan fingerprint density at radius 3 is 1.69 bits per heavy atom. The zero-order valence-corrected chi connectivity index (χ0v) is 26.2. The number of rotatable bonds is 12. The van der Waals surface area contributed by atoms with Gasteiger partial charge in [0.2, 0.25) is 5.91 Å². The number of hydrogen-bond donors (Lipinski definition) is 1. The van der Waals surface area contributed by atoms with Gasteiger partial charge < -0.3 is 15.1 Å². The van der Waals surface area contributed by atoms with Crippen LogP contribution in [0.4, 0.5) is 11.4 Å². The van der Waals surface area contributed by atoms with E-state index in [0.717, 1.165) is 37.5 Å². The summed E-state index contributed by atoms with van der Waals surface area (Å²) in [6, 6.07) is 26.5. The lowest BCUT2D eigenvalue weighted by molar-refractivity contribution is -0.123. The van der Waals surface area contributed by atoms with E-state index in [1.807, 2.05) is 13.8 Å². The van der Waals surface area contributed by atoms with Crippen LogP contribution in [0, 0.1) is 5.92 Å². The van der Waals surface area contributed by atoms with Crippen LogP contribution in [-0.2, 0) is 4.79 Å². The Hall–Kier alpha value is -4.12. The Labute approximate surface area is 252 Å². The number of nitrogens with zero attached hydrogens (tertiary/aromatic N) is 3. The summed E-state index contributed by atoms with van der Waals surface area (Å²) in [6.45, 7) is 17.6. The molecule has 5 nitrogen and oxygen atoms in total. The van der Waals surface area contributed by atoms with Gasteiger partial charge in [-0.05, 0) is 85.9 Å². The van der Waals surface area contributed by atoms with E-state index in [4.69, 9.17) is 4.99 Å². The fourth-order valence-corrected chi connectivity index (χ4v) is 5.53. The Morgan fingerprint density at radius 1 is 0.714 bits per heavy atom. The van der Waals surface area contributed by atoms with Crippen LogP contribution in [-0.4, -0.2) is 50.9 Å². The molecule has 0 saturated heterocycles. The maximum Gasteiger partial charge on any atom is 0.222 e. The monoisotopic (exact) mass is 562 g/mol. The predicted octanol–water partition coefficient (Wildman–Crippen LogP) is 7.47. The number of benzene rings is 3. The highest BCUT2D eigenvalue weighted by atomic mass is 16.1. The van der Waals surface area contributed by atoms with Crippen LogP contribution in [0.3, 0.4) is 0 Å². The van der Waals surface area contributed by atoms with Crippen molar-refractivity contribution in [3.8, 4) is 0 Å². The molecular weight excluding hydrogens is 516 g/mol. The molecule has 0 radical (unpaired) electrons. The maximum atomic E-state index is 12.0. The highest BCUT2D eigenvalue weighted by molar-refractivity contribution is 6.19. The molecule has 3 aromatic rings. The summed E-state index contributed by atoms with van der Waals surface area (Å²) >= 11 is 0. The average Bonchev–Trinajstić information content (AvgIpc) is 3.02. The number of aliphatic imine (C=N–C) groups is 1. The van der Waals surface area contributed by atoms with E-state index in [2.05, 4.69) is 128 Å². The predicted molar refractivity (Wildman–Crippen MR) is 181 cm³/mol. The lowest BCUT2D eigenvalue weighted by Crippen LogP contribution is -2.30. The number of carbonyl (C=O) groups is 1. The van der Waals surface area contributed by atoms with Crippen molar-refractivity contribution < 1.29 is 4.79 Å². The van der Waals surface area contributed by atoms with Crippen molar-refractivity contribution in [3.63, 3.8) is 0 Å². The van der Waals surface area contributed by atoms with E-state index in [-0.39, 0.29) is 11.8 Å². The quantitative estimate of drug-likeness (QED) is 0.233. The molecule has 1 N–H and O–H groups in total. The molecule has 1 aliphatic rings. The Bertz CT molecular complexity index is 1370. The number of anilines is 2. The van der Waals surface area contributed by atoms with Crippen LogP contribution in [0.25, 0.3) is 11.1 Å². The Kier molecular flexibility index (Phi) is 10.8. The highest BCUT2D eigenvalue weighted by Crippen LogP contribution is 2.38. The van der Waals surface area contributed by atoms with Crippen molar-refractivity contribution in [2.75, 3.05) is 49.1 Å². The summed E-state index contributed by atoms with van der Waals surface area (Å²) in [5.74, 6) is 0.0323. The zero-order chi connectivity index (χ0) is 30.1. The molecule has 220 valence electrons. The van der Waals surface area contributed by atoms with Crippen LogP contribution in [0.1, 0.15) is 63.8 Å². The third kappa shape index (κ3) is 7.02. The van der Waals surface area contributed by atoms with E-state index in [1.165, 1.54) is 39.2 Å².